The summed E-state index contributed by atoms with van der Waals surface area (Å²) in [5, 5.41) is 0. The molecule has 20 heavy (non-hydrogen) atoms. The quantitative estimate of drug-likeness (QED) is 0.801. The molecular formula is C17H30N2O. The summed E-state index contributed by atoms with van der Waals surface area (Å²) in [4.78, 5) is 15.0. The Morgan fingerprint density at radius 2 is 1.80 bits per heavy atom. The van der Waals surface area contributed by atoms with E-state index in [0.29, 0.717) is 11.8 Å². The van der Waals surface area contributed by atoms with Gasteiger partial charge in [0.05, 0.1) is 5.92 Å². The van der Waals surface area contributed by atoms with Crippen molar-refractivity contribution in [1.82, 2.24) is 4.90 Å². The van der Waals surface area contributed by atoms with Gasteiger partial charge in [-0.05, 0) is 49.9 Å². The second kappa shape index (κ2) is 6.05. The van der Waals surface area contributed by atoms with Crippen LogP contribution in [-0.2, 0) is 4.79 Å². The van der Waals surface area contributed by atoms with E-state index < -0.39 is 0 Å². The average molecular weight is 278 g/mol. The van der Waals surface area contributed by atoms with Crippen LogP contribution in [0.4, 0.5) is 0 Å². The third kappa shape index (κ3) is 2.88. The Balaban J connectivity index is 1.62. The molecule has 0 spiro atoms. The van der Waals surface area contributed by atoms with E-state index in [9.17, 15) is 4.79 Å². The van der Waals surface area contributed by atoms with Gasteiger partial charge < -0.3 is 10.6 Å². The number of amides is 1. The lowest BCUT2D eigenvalue weighted by Crippen LogP contribution is -2.51. The molecule has 3 fully saturated rings. The molecule has 1 amide bonds. The van der Waals surface area contributed by atoms with Crippen molar-refractivity contribution in [2.24, 2.45) is 29.4 Å². The average Bonchev–Trinajstić information content (AvgIpc) is 2.48. The van der Waals surface area contributed by atoms with E-state index in [-0.39, 0.29) is 12.0 Å². The number of rotatable bonds is 1. The fourth-order valence-electron chi connectivity index (χ4n) is 4.72. The fourth-order valence-corrected chi connectivity index (χ4v) is 4.72. The van der Waals surface area contributed by atoms with Crippen LogP contribution in [0.5, 0.6) is 0 Å². The summed E-state index contributed by atoms with van der Waals surface area (Å²) in [6, 6.07) is 0.0998. The number of fused-ring (bicyclic) bond motifs is 1. The number of hydrogen-bond donors (Lipinski definition) is 1. The molecule has 3 nitrogen and oxygen atoms in total. The lowest BCUT2D eigenvalue weighted by atomic mass is 9.74. The zero-order valence-electron chi connectivity index (χ0n) is 12.9. The zero-order valence-corrected chi connectivity index (χ0v) is 12.9. The number of carbonyl (C=O) groups excluding carboxylic acids is 1. The Hall–Kier alpha value is -0.570. The predicted molar refractivity (Wildman–Crippen MR) is 81.1 cm³/mol. The minimum absolute atomic E-state index is 0.0962. The highest BCUT2D eigenvalue weighted by molar-refractivity contribution is 5.79. The first kappa shape index (κ1) is 14.4. The fraction of sp³-hybridized carbons (Fsp3) is 0.941. The maximum Gasteiger partial charge on any atom is 0.227 e. The topological polar surface area (TPSA) is 46.3 Å². The number of hydrogen-bond acceptors (Lipinski definition) is 2. The minimum Gasteiger partial charge on any atom is -0.342 e. The van der Waals surface area contributed by atoms with Crippen LogP contribution in [0.15, 0.2) is 0 Å². The molecule has 2 aliphatic carbocycles. The van der Waals surface area contributed by atoms with Gasteiger partial charge in [0.15, 0.2) is 0 Å². The lowest BCUT2D eigenvalue weighted by molar-refractivity contribution is -0.140. The molecule has 0 aromatic rings. The van der Waals surface area contributed by atoms with Crippen molar-refractivity contribution < 1.29 is 4.79 Å². The molecule has 2 saturated carbocycles. The zero-order chi connectivity index (χ0) is 14.1. The van der Waals surface area contributed by atoms with E-state index in [0.717, 1.165) is 37.8 Å². The van der Waals surface area contributed by atoms with Crippen molar-refractivity contribution in [3.05, 3.63) is 0 Å². The molecule has 3 rings (SSSR count). The van der Waals surface area contributed by atoms with Gasteiger partial charge in [-0.1, -0.05) is 26.2 Å². The van der Waals surface area contributed by atoms with Crippen molar-refractivity contribution in [3.63, 3.8) is 0 Å². The largest absolute Gasteiger partial charge is 0.342 e. The second-order valence-corrected chi connectivity index (χ2v) is 7.57. The first-order chi connectivity index (χ1) is 9.65. The van der Waals surface area contributed by atoms with Crippen molar-refractivity contribution in [2.75, 3.05) is 13.1 Å². The van der Waals surface area contributed by atoms with Crippen LogP contribution in [0.3, 0.4) is 0 Å². The number of likely N-dealkylation sites (tertiary alicyclic amines) is 1. The number of carbonyl (C=O) groups is 1. The molecule has 114 valence electrons. The van der Waals surface area contributed by atoms with E-state index in [2.05, 4.69) is 11.8 Å². The first-order valence-corrected chi connectivity index (χ1v) is 8.69. The standard InChI is InChI=1S/C17H30N2O/c1-12-6-7-16(18)15(10-12)17(20)19-9-8-13-4-2-3-5-14(13)11-19/h12-16H,2-11,18H2,1H3. The summed E-state index contributed by atoms with van der Waals surface area (Å²) < 4.78 is 0. The first-order valence-electron chi connectivity index (χ1n) is 8.69. The highest BCUT2D eigenvalue weighted by Crippen LogP contribution is 2.37. The lowest BCUT2D eigenvalue weighted by Gasteiger charge is -2.43. The van der Waals surface area contributed by atoms with Crippen LogP contribution >= 0.6 is 0 Å². The molecule has 0 radical (unpaired) electrons. The van der Waals surface area contributed by atoms with Gasteiger partial charge in [0.2, 0.25) is 5.91 Å². The molecule has 1 aliphatic heterocycles. The van der Waals surface area contributed by atoms with Gasteiger partial charge >= 0.3 is 0 Å². The molecular weight excluding hydrogens is 248 g/mol. The summed E-state index contributed by atoms with van der Waals surface area (Å²) >= 11 is 0. The van der Waals surface area contributed by atoms with E-state index in [1.165, 1.54) is 38.5 Å². The van der Waals surface area contributed by atoms with Crippen molar-refractivity contribution in [1.29, 1.82) is 0 Å². The van der Waals surface area contributed by atoms with E-state index in [4.69, 9.17) is 5.73 Å². The smallest absolute Gasteiger partial charge is 0.227 e. The van der Waals surface area contributed by atoms with Gasteiger partial charge in [0.1, 0.15) is 0 Å². The van der Waals surface area contributed by atoms with Crippen LogP contribution in [0.2, 0.25) is 0 Å². The Labute approximate surface area is 123 Å². The van der Waals surface area contributed by atoms with E-state index in [1.54, 1.807) is 0 Å². The van der Waals surface area contributed by atoms with Gasteiger partial charge in [-0.3, -0.25) is 4.79 Å². The maximum atomic E-state index is 12.8. The van der Waals surface area contributed by atoms with Gasteiger partial charge in [-0.15, -0.1) is 0 Å². The van der Waals surface area contributed by atoms with Crippen LogP contribution < -0.4 is 5.73 Å². The minimum atomic E-state index is 0.0962. The van der Waals surface area contributed by atoms with Crippen LogP contribution in [0, 0.1) is 23.7 Å². The van der Waals surface area contributed by atoms with Crippen molar-refractivity contribution in [3.8, 4) is 0 Å². The molecule has 3 heteroatoms. The molecule has 5 atom stereocenters. The summed E-state index contributed by atoms with van der Waals surface area (Å²) in [5.41, 5.74) is 6.23. The van der Waals surface area contributed by atoms with Gasteiger partial charge in [-0.2, -0.15) is 0 Å². The third-order valence-electron chi connectivity index (χ3n) is 6.09. The predicted octanol–water partition coefficient (Wildman–Crippen LogP) is 2.79. The van der Waals surface area contributed by atoms with Gasteiger partial charge in [-0.25, -0.2) is 0 Å². The SMILES string of the molecule is CC1CCC(N)C(C(=O)N2CCC3CCCCC3C2)C1. The summed E-state index contributed by atoms with van der Waals surface area (Å²) in [5.74, 6) is 2.80. The van der Waals surface area contributed by atoms with E-state index >= 15 is 0 Å². The number of nitrogens with two attached hydrogens (primary N) is 1. The monoisotopic (exact) mass is 278 g/mol. The number of nitrogens with zero attached hydrogens (tertiary/aromatic N) is 1. The summed E-state index contributed by atoms with van der Waals surface area (Å²) in [6.07, 6.45) is 9.95. The molecule has 1 saturated heterocycles. The molecule has 5 unspecified atom stereocenters. The Kier molecular flexibility index (Phi) is 4.34. The maximum absolute atomic E-state index is 12.8. The third-order valence-corrected chi connectivity index (χ3v) is 6.09. The molecule has 1 heterocycles. The highest BCUT2D eigenvalue weighted by Gasteiger charge is 2.38. The van der Waals surface area contributed by atoms with Crippen LogP contribution in [0.1, 0.15) is 58.3 Å². The molecule has 2 N–H and O–H groups in total. The summed E-state index contributed by atoms with van der Waals surface area (Å²) in [6.45, 7) is 4.26. The Morgan fingerprint density at radius 1 is 1.05 bits per heavy atom. The number of piperidine rings is 1. The van der Waals surface area contributed by atoms with Crippen molar-refractivity contribution >= 4 is 5.91 Å². The van der Waals surface area contributed by atoms with Crippen molar-refractivity contribution in [2.45, 2.75) is 64.3 Å². The Morgan fingerprint density at radius 3 is 2.60 bits per heavy atom. The highest BCUT2D eigenvalue weighted by atomic mass is 16.2. The molecule has 3 aliphatic rings. The summed E-state index contributed by atoms with van der Waals surface area (Å²) in [7, 11) is 0. The second-order valence-electron chi connectivity index (χ2n) is 7.57. The van der Waals surface area contributed by atoms with Crippen LogP contribution in [0.25, 0.3) is 0 Å². The van der Waals surface area contributed by atoms with Gasteiger partial charge in [0, 0.05) is 19.1 Å². The molecule has 0 bridgehead atoms. The van der Waals surface area contributed by atoms with Crippen LogP contribution in [-0.4, -0.2) is 29.9 Å². The normalized spacial score (nSPS) is 42.1. The Bertz CT molecular complexity index is 357. The van der Waals surface area contributed by atoms with Gasteiger partial charge in [0.25, 0.3) is 0 Å². The van der Waals surface area contributed by atoms with E-state index in [1.807, 2.05) is 0 Å². The molecule has 0 aromatic carbocycles. The molecule has 0 aromatic heterocycles.